The number of Topliss-reactive ketones (excluding diaryl/α,β-unsaturated/α-hetero) is 1. The smallest absolute Gasteiger partial charge is 0.312 e. The van der Waals surface area contributed by atoms with E-state index >= 15 is 4.79 Å². The Labute approximate surface area is 325 Å². The monoisotopic (exact) mass is 818 g/mol. The second-order valence-electron chi connectivity index (χ2n) is 14.8. The lowest BCUT2D eigenvalue weighted by Crippen LogP contribution is -2.41. The number of benzene rings is 3. The summed E-state index contributed by atoms with van der Waals surface area (Å²) in [5.41, 5.74) is 0.527. The molecule has 4 aliphatic heterocycles. The molecule has 54 heavy (non-hydrogen) atoms. The Morgan fingerprint density at radius 1 is 1.09 bits per heavy atom. The Bertz CT molecular complexity index is 2380. The molecule has 282 valence electrons. The standard InChI is InChI=1S/C41H40BrClN2O9/c1-18-10-8-11-21(4)40(49)45-33-34(47)30-29(32-38(33)52-27-16-24(42)25(43)17-26(27)44-32)31-37-22(5)36(30)53-28(15-19(2)14-18)35(51-23(6)46)20(3)12-9-13-50-41(7,54-37)39(31)48/h8-11,13,16-20,28,35H,12,14-15H2,1-7H3,(H,45,49)/b10-8+,13-9+,21-11-/t18?,19-,20-,28?,35?,41+/m1/s1. The van der Waals surface area contributed by atoms with Gasteiger partial charge >= 0.3 is 11.8 Å². The van der Waals surface area contributed by atoms with Crippen molar-refractivity contribution in [1.29, 1.82) is 0 Å². The fourth-order valence-corrected chi connectivity index (χ4v) is 8.11. The highest BCUT2D eigenvalue weighted by molar-refractivity contribution is 9.10. The maximum atomic E-state index is 15.2. The molecule has 4 heterocycles. The predicted molar refractivity (Wildman–Crippen MR) is 208 cm³/mol. The Balaban J connectivity index is 1.66. The van der Waals surface area contributed by atoms with Crippen LogP contribution in [-0.2, 0) is 19.1 Å². The van der Waals surface area contributed by atoms with Crippen LogP contribution in [0.1, 0.15) is 76.7 Å². The zero-order valence-electron chi connectivity index (χ0n) is 30.9. The van der Waals surface area contributed by atoms with Gasteiger partial charge in [-0.15, -0.1) is 0 Å². The molecule has 1 amide bonds. The van der Waals surface area contributed by atoms with Crippen LogP contribution in [0.3, 0.4) is 0 Å². The Morgan fingerprint density at radius 3 is 2.59 bits per heavy atom. The Kier molecular flexibility index (Phi) is 9.89. The highest BCUT2D eigenvalue weighted by atomic mass is 79.9. The normalized spacial score (nSPS) is 28.1. The van der Waals surface area contributed by atoms with E-state index in [-0.39, 0.29) is 68.3 Å². The van der Waals surface area contributed by atoms with Crippen molar-refractivity contribution in [3.8, 4) is 23.0 Å². The number of nitrogens with zero attached hydrogens (tertiary/aromatic N) is 1. The molecule has 2 aromatic carbocycles. The minimum atomic E-state index is -1.82. The highest BCUT2D eigenvalue weighted by Crippen LogP contribution is 2.51. The van der Waals surface area contributed by atoms with E-state index < -0.39 is 41.1 Å². The van der Waals surface area contributed by atoms with Crippen LogP contribution in [0.15, 0.2) is 62.0 Å². The molecular weight excluding hydrogens is 780 g/mol. The number of nitrogens with one attached hydrogen (secondary N) is 1. The number of carbonyl (C=O) groups excluding carboxylic acids is 3. The zero-order chi connectivity index (χ0) is 38.8. The third-order valence-electron chi connectivity index (χ3n) is 10.3. The minimum absolute atomic E-state index is 0.0259. The van der Waals surface area contributed by atoms with Crippen molar-refractivity contribution >= 4 is 72.8 Å². The number of hydrogen-bond donors (Lipinski definition) is 1. The van der Waals surface area contributed by atoms with Crippen LogP contribution >= 0.6 is 27.5 Å². The van der Waals surface area contributed by atoms with Crippen LogP contribution in [0.4, 0.5) is 5.69 Å². The van der Waals surface area contributed by atoms with E-state index in [1.807, 2.05) is 19.1 Å². The lowest BCUT2D eigenvalue weighted by Gasteiger charge is -2.34. The first kappa shape index (κ1) is 37.6. The van der Waals surface area contributed by atoms with Gasteiger partial charge in [0.1, 0.15) is 40.6 Å². The summed E-state index contributed by atoms with van der Waals surface area (Å²) < 4.78 is 32.4. The van der Waals surface area contributed by atoms with Gasteiger partial charge in [0.05, 0.1) is 22.2 Å². The van der Waals surface area contributed by atoms with Crippen molar-refractivity contribution in [2.75, 3.05) is 5.32 Å². The molecule has 7 rings (SSSR count). The van der Waals surface area contributed by atoms with Gasteiger partial charge in [-0.3, -0.25) is 19.2 Å². The van der Waals surface area contributed by atoms with E-state index in [1.165, 1.54) is 20.1 Å². The molecule has 0 spiro atoms. The van der Waals surface area contributed by atoms with Gasteiger partial charge in [-0.25, -0.2) is 4.98 Å². The summed E-state index contributed by atoms with van der Waals surface area (Å²) >= 11 is 9.93. The average molecular weight is 820 g/mol. The van der Waals surface area contributed by atoms with Gasteiger partial charge < -0.3 is 28.7 Å². The van der Waals surface area contributed by atoms with Crippen molar-refractivity contribution < 1.29 is 37.7 Å². The number of ketones is 1. The molecular formula is C41H40BrClN2O9. The SMILES string of the molecule is CC(=O)OC1C2C[C@H](C)CC(C)/C=C/C=C(/C)C(=O)Nc3c4oc5cc(Br)c(Cl)cc5nc-4c4c5c(c(C)c(c4c3=O)O2)O[C@](C)(O/C=C/C[C@H]1C)C5=O. The molecule has 3 unspecified atom stereocenters. The maximum Gasteiger partial charge on any atom is 0.312 e. The summed E-state index contributed by atoms with van der Waals surface area (Å²) in [6.07, 6.45) is 8.80. The van der Waals surface area contributed by atoms with Gasteiger partial charge in [0, 0.05) is 40.8 Å². The lowest BCUT2D eigenvalue weighted by molar-refractivity contribution is -0.155. The van der Waals surface area contributed by atoms with Crippen LogP contribution in [-0.4, -0.2) is 40.6 Å². The Hall–Kier alpha value is -4.68. The number of allylic oxidation sites excluding steroid dienone is 4. The first-order chi connectivity index (χ1) is 25.6. The molecule has 0 aromatic heterocycles. The molecule has 1 N–H and O–H groups in total. The van der Waals surface area contributed by atoms with Crippen LogP contribution in [0.2, 0.25) is 5.02 Å². The van der Waals surface area contributed by atoms with Gasteiger partial charge in [0.25, 0.3) is 11.7 Å². The second-order valence-corrected chi connectivity index (χ2v) is 16.1. The summed E-state index contributed by atoms with van der Waals surface area (Å²) in [5, 5.41) is 3.22. The third kappa shape index (κ3) is 6.57. The lowest BCUT2D eigenvalue weighted by atomic mass is 9.86. The number of ether oxygens (including phenoxy) is 4. The van der Waals surface area contributed by atoms with E-state index in [0.717, 1.165) is 6.42 Å². The summed E-state index contributed by atoms with van der Waals surface area (Å²) in [7, 11) is 0. The number of rotatable bonds is 1. The van der Waals surface area contributed by atoms with E-state index in [1.54, 1.807) is 38.1 Å². The maximum absolute atomic E-state index is 15.2. The number of esters is 1. The number of halogens is 2. The topological polar surface area (TPSA) is 143 Å². The van der Waals surface area contributed by atoms with Gasteiger partial charge in [-0.1, -0.05) is 50.6 Å². The molecule has 2 aromatic rings. The van der Waals surface area contributed by atoms with Gasteiger partial charge in [-0.05, 0) is 79.1 Å². The molecule has 1 aliphatic carbocycles. The molecule has 0 saturated carbocycles. The fourth-order valence-electron chi connectivity index (χ4n) is 7.63. The largest absolute Gasteiger partial charge is 0.485 e. The van der Waals surface area contributed by atoms with E-state index in [2.05, 4.69) is 35.1 Å². The summed E-state index contributed by atoms with van der Waals surface area (Å²) in [6.45, 7) is 12.3. The second kappa shape index (κ2) is 14.2. The predicted octanol–water partition coefficient (Wildman–Crippen LogP) is 9.22. The highest BCUT2D eigenvalue weighted by Gasteiger charge is 2.50. The number of hydrogen-bond acceptors (Lipinski definition) is 10. The summed E-state index contributed by atoms with van der Waals surface area (Å²) in [6, 6.07) is 3.20. The molecule has 0 fully saturated rings. The first-order valence-electron chi connectivity index (χ1n) is 17.9. The number of aromatic nitrogens is 1. The molecule has 11 nitrogen and oxygen atoms in total. The molecule has 6 atom stereocenters. The van der Waals surface area contributed by atoms with Crippen LogP contribution in [0, 0.1) is 24.7 Å². The molecule has 0 saturated heterocycles. The van der Waals surface area contributed by atoms with Crippen molar-refractivity contribution in [2.24, 2.45) is 17.8 Å². The van der Waals surface area contributed by atoms with Crippen molar-refractivity contribution in [2.45, 2.75) is 85.7 Å². The van der Waals surface area contributed by atoms with Crippen LogP contribution < -0.4 is 20.2 Å². The van der Waals surface area contributed by atoms with E-state index in [4.69, 9.17) is 39.9 Å². The minimum Gasteiger partial charge on any atom is -0.485 e. The summed E-state index contributed by atoms with van der Waals surface area (Å²) in [4.78, 5) is 61.2. The fraction of sp³-hybridized carbons (Fsp3) is 0.390. The Morgan fingerprint density at radius 2 is 1.85 bits per heavy atom. The summed E-state index contributed by atoms with van der Waals surface area (Å²) in [5.74, 6) is -3.34. The zero-order valence-corrected chi connectivity index (χ0v) is 33.3. The molecule has 5 aliphatic rings. The molecule has 6 bridgehead atoms. The van der Waals surface area contributed by atoms with Gasteiger partial charge in [-0.2, -0.15) is 0 Å². The molecule has 0 radical (unpaired) electrons. The number of carbonyl (C=O) groups is 3. The van der Waals surface area contributed by atoms with Crippen molar-refractivity contribution in [3.63, 3.8) is 0 Å². The van der Waals surface area contributed by atoms with Crippen LogP contribution in [0.5, 0.6) is 11.5 Å². The quantitative estimate of drug-likeness (QED) is 0.112. The number of fused-ring (bicyclic) bond motifs is 8. The van der Waals surface area contributed by atoms with Gasteiger partial charge in [0.2, 0.25) is 5.43 Å². The molecule has 13 heteroatoms. The van der Waals surface area contributed by atoms with Crippen LogP contribution in [0.25, 0.3) is 33.3 Å². The van der Waals surface area contributed by atoms with Crippen molar-refractivity contribution in [1.82, 2.24) is 4.98 Å². The first-order valence-corrected chi connectivity index (χ1v) is 19.1. The number of amides is 1. The average Bonchev–Trinajstić information content (AvgIpc) is 3.37. The van der Waals surface area contributed by atoms with Gasteiger partial charge in [0.15, 0.2) is 11.3 Å². The van der Waals surface area contributed by atoms with E-state index in [9.17, 15) is 14.4 Å². The number of anilines is 1. The van der Waals surface area contributed by atoms with E-state index in [0.29, 0.717) is 39.0 Å². The van der Waals surface area contributed by atoms with Crippen molar-refractivity contribution in [3.05, 3.63) is 79.1 Å². The third-order valence-corrected chi connectivity index (χ3v) is 11.5.